The lowest BCUT2D eigenvalue weighted by Gasteiger charge is -2.05. The summed E-state index contributed by atoms with van der Waals surface area (Å²) in [4.78, 5) is 16.0. The van der Waals surface area contributed by atoms with Gasteiger partial charge in [-0.25, -0.2) is 13.6 Å². The van der Waals surface area contributed by atoms with E-state index in [4.69, 9.17) is 9.26 Å². The molecule has 7 nitrogen and oxygen atoms in total. The smallest absolute Gasteiger partial charge is 0.342 e. The largest absolute Gasteiger partial charge is 0.454 e. The number of esters is 1. The van der Waals surface area contributed by atoms with Gasteiger partial charge in [0.2, 0.25) is 11.7 Å². The number of rotatable bonds is 4. The monoisotopic (exact) mass is 320 g/mol. The minimum atomic E-state index is -0.822. The van der Waals surface area contributed by atoms with Crippen LogP contribution in [0.15, 0.2) is 28.9 Å². The summed E-state index contributed by atoms with van der Waals surface area (Å²) < 4.78 is 37.4. The minimum absolute atomic E-state index is 0.102. The summed E-state index contributed by atoms with van der Waals surface area (Å²) in [6, 6.07) is 3.38. The zero-order valence-electron chi connectivity index (χ0n) is 11.8. The number of benzene rings is 1. The predicted molar refractivity (Wildman–Crippen MR) is 72.1 cm³/mol. The molecule has 0 saturated carbocycles. The van der Waals surface area contributed by atoms with Crippen molar-refractivity contribution in [2.45, 2.75) is 13.5 Å². The molecule has 0 unspecified atom stereocenters. The Balaban J connectivity index is 1.84. The Morgan fingerprint density at radius 2 is 2.09 bits per heavy atom. The number of hydrogen-bond donors (Lipinski definition) is 1. The average Bonchev–Trinajstić information content (AvgIpc) is 3.14. The Labute approximate surface area is 128 Å². The summed E-state index contributed by atoms with van der Waals surface area (Å²) in [7, 11) is 0. The lowest BCUT2D eigenvalue weighted by Crippen LogP contribution is -2.07. The molecule has 0 spiro atoms. The molecule has 3 rings (SSSR count). The van der Waals surface area contributed by atoms with E-state index in [-0.39, 0.29) is 29.3 Å². The Hall–Kier alpha value is -3.10. The van der Waals surface area contributed by atoms with E-state index in [1.54, 1.807) is 6.92 Å². The molecule has 0 saturated heterocycles. The number of aromatic amines is 1. The molecule has 1 aromatic carbocycles. The molecule has 0 amide bonds. The Morgan fingerprint density at radius 3 is 2.74 bits per heavy atom. The maximum absolute atomic E-state index is 13.8. The number of aromatic nitrogens is 4. The number of nitrogens with zero attached hydrogens (tertiary/aromatic N) is 3. The molecule has 0 fully saturated rings. The summed E-state index contributed by atoms with van der Waals surface area (Å²) in [5.74, 6) is -1.96. The maximum Gasteiger partial charge on any atom is 0.342 e. The van der Waals surface area contributed by atoms with Crippen LogP contribution in [0.4, 0.5) is 8.78 Å². The lowest BCUT2D eigenvalue weighted by molar-refractivity contribution is 0.0460. The van der Waals surface area contributed by atoms with Crippen molar-refractivity contribution in [3.8, 4) is 11.3 Å². The number of nitrogens with one attached hydrogen (secondary N) is 1. The highest BCUT2D eigenvalue weighted by Crippen LogP contribution is 2.27. The van der Waals surface area contributed by atoms with Crippen LogP contribution in [0.25, 0.3) is 11.3 Å². The average molecular weight is 320 g/mol. The van der Waals surface area contributed by atoms with Gasteiger partial charge in [-0.3, -0.25) is 5.10 Å². The fourth-order valence-electron chi connectivity index (χ4n) is 1.98. The Morgan fingerprint density at radius 1 is 1.35 bits per heavy atom. The van der Waals surface area contributed by atoms with Crippen LogP contribution >= 0.6 is 0 Å². The van der Waals surface area contributed by atoms with Crippen LogP contribution in [-0.2, 0) is 11.3 Å². The summed E-state index contributed by atoms with van der Waals surface area (Å²) in [5.41, 5.74) is -0.587. The third kappa shape index (κ3) is 2.93. The van der Waals surface area contributed by atoms with Crippen molar-refractivity contribution in [2.24, 2.45) is 0 Å². The van der Waals surface area contributed by atoms with Crippen LogP contribution in [0.1, 0.15) is 22.1 Å². The van der Waals surface area contributed by atoms with Crippen molar-refractivity contribution in [1.82, 2.24) is 20.3 Å². The van der Waals surface area contributed by atoms with Crippen LogP contribution in [0, 0.1) is 18.6 Å². The van der Waals surface area contributed by atoms with Crippen LogP contribution < -0.4 is 0 Å². The zero-order valence-corrected chi connectivity index (χ0v) is 11.8. The molecule has 0 radical (unpaired) electrons. The van der Waals surface area contributed by atoms with Gasteiger partial charge in [0, 0.05) is 6.92 Å². The summed E-state index contributed by atoms with van der Waals surface area (Å²) in [6.07, 6.45) is 1.13. The van der Waals surface area contributed by atoms with Crippen LogP contribution in [0.5, 0.6) is 0 Å². The lowest BCUT2D eigenvalue weighted by atomic mass is 10.1. The quantitative estimate of drug-likeness (QED) is 0.742. The molecule has 3 aromatic rings. The van der Waals surface area contributed by atoms with E-state index < -0.39 is 17.6 Å². The van der Waals surface area contributed by atoms with Gasteiger partial charge in [-0.15, -0.1) is 0 Å². The van der Waals surface area contributed by atoms with Crippen LogP contribution in [0.2, 0.25) is 0 Å². The first-order valence-corrected chi connectivity index (χ1v) is 6.50. The number of carbonyl (C=O) groups is 1. The zero-order chi connectivity index (χ0) is 16.4. The highest BCUT2D eigenvalue weighted by Gasteiger charge is 2.22. The van der Waals surface area contributed by atoms with Gasteiger partial charge in [0.1, 0.15) is 17.2 Å². The minimum Gasteiger partial charge on any atom is -0.454 e. The highest BCUT2D eigenvalue weighted by atomic mass is 19.1. The van der Waals surface area contributed by atoms with Crippen molar-refractivity contribution in [2.75, 3.05) is 0 Å². The van der Waals surface area contributed by atoms with E-state index in [0.29, 0.717) is 5.89 Å². The second-order valence-electron chi connectivity index (χ2n) is 4.56. The highest BCUT2D eigenvalue weighted by molar-refractivity contribution is 5.96. The van der Waals surface area contributed by atoms with Gasteiger partial charge >= 0.3 is 5.97 Å². The van der Waals surface area contributed by atoms with Crippen molar-refractivity contribution < 1.29 is 22.8 Å². The third-order valence-corrected chi connectivity index (χ3v) is 2.97. The molecule has 2 aromatic heterocycles. The van der Waals surface area contributed by atoms with Crippen molar-refractivity contribution in [3.63, 3.8) is 0 Å². The van der Waals surface area contributed by atoms with Crippen LogP contribution in [-0.4, -0.2) is 26.3 Å². The normalized spacial score (nSPS) is 10.7. The maximum atomic E-state index is 13.8. The number of ether oxygens (including phenoxy) is 1. The molecule has 118 valence electrons. The number of carbonyl (C=O) groups excluding carboxylic acids is 1. The number of H-pyrrole nitrogens is 1. The molecule has 23 heavy (non-hydrogen) atoms. The first-order valence-electron chi connectivity index (χ1n) is 6.50. The molecule has 0 aliphatic rings. The molecule has 0 aliphatic heterocycles. The van der Waals surface area contributed by atoms with E-state index in [2.05, 4.69) is 20.3 Å². The molecule has 2 heterocycles. The van der Waals surface area contributed by atoms with Gasteiger partial charge < -0.3 is 9.26 Å². The van der Waals surface area contributed by atoms with Gasteiger partial charge in [0.25, 0.3) is 0 Å². The van der Waals surface area contributed by atoms with Gasteiger partial charge in [-0.05, 0) is 12.1 Å². The van der Waals surface area contributed by atoms with E-state index in [0.717, 1.165) is 18.3 Å². The number of hydrogen-bond acceptors (Lipinski definition) is 6. The number of aryl methyl sites for hydroxylation is 1. The third-order valence-electron chi connectivity index (χ3n) is 2.97. The van der Waals surface area contributed by atoms with E-state index in [9.17, 15) is 13.6 Å². The van der Waals surface area contributed by atoms with Crippen molar-refractivity contribution >= 4 is 5.97 Å². The number of halogens is 2. The van der Waals surface area contributed by atoms with Gasteiger partial charge in [0.05, 0.1) is 17.5 Å². The van der Waals surface area contributed by atoms with Crippen molar-refractivity contribution in [3.05, 3.63) is 53.3 Å². The van der Waals surface area contributed by atoms with Gasteiger partial charge in [-0.2, -0.15) is 10.1 Å². The summed E-state index contributed by atoms with van der Waals surface area (Å²) >= 11 is 0. The Kier molecular flexibility index (Phi) is 3.83. The molecule has 0 bridgehead atoms. The summed E-state index contributed by atoms with van der Waals surface area (Å²) in [6.45, 7) is 1.36. The van der Waals surface area contributed by atoms with Gasteiger partial charge in [0.15, 0.2) is 6.61 Å². The van der Waals surface area contributed by atoms with Crippen molar-refractivity contribution in [1.29, 1.82) is 0 Å². The predicted octanol–water partition coefficient (Wildman–Crippen LogP) is 2.40. The van der Waals surface area contributed by atoms with Gasteiger partial charge in [-0.1, -0.05) is 11.2 Å². The molecule has 1 N–H and O–H groups in total. The molecular formula is C14H10F2N4O3. The van der Waals surface area contributed by atoms with E-state index in [1.807, 2.05) is 0 Å². The fraction of sp³-hybridized carbons (Fsp3) is 0.143. The second-order valence-corrected chi connectivity index (χ2v) is 4.56. The van der Waals surface area contributed by atoms with E-state index in [1.165, 1.54) is 6.07 Å². The second kappa shape index (κ2) is 5.95. The molecule has 0 aliphatic carbocycles. The van der Waals surface area contributed by atoms with E-state index >= 15 is 0 Å². The summed E-state index contributed by atoms with van der Waals surface area (Å²) in [5, 5.41) is 9.63. The molecular weight excluding hydrogens is 310 g/mol. The standard InChI is InChI=1S/C14H10F2N4O3/c1-7-18-11(20-23-7)6-22-14(21)8-5-17-19-13(8)12-9(15)3-2-4-10(12)16/h2-5H,6H2,1H3,(H,17,19). The molecule has 0 atom stereocenters. The Bertz CT molecular complexity index is 839. The topological polar surface area (TPSA) is 93.9 Å². The van der Waals surface area contributed by atoms with Crippen LogP contribution in [0.3, 0.4) is 0 Å². The first-order chi connectivity index (χ1) is 11.1. The first kappa shape index (κ1) is 14.8. The SMILES string of the molecule is Cc1nc(COC(=O)c2cn[nH]c2-c2c(F)cccc2F)no1. The molecule has 9 heteroatoms. The fourth-order valence-corrected chi connectivity index (χ4v) is 1.98.